The standard InChI is InChI=1S/C25H35FN4O/c1-19(2)4-3-5-20-6-8-21(9-7-20)16-29-25(31)30(24-12-14-27-15-13-24)18-23-11-10-22(26)17-28-23/h6-11,17,19,24,27H,3-5,12-16,18H2,1-2H3,(H,29,31). The second-order valence-electron chi connectivity index (χ2n) is 8.84. The van der Waals surface area contributed by atoms with E-state index in [9.17, 15) is 9.18 Å². The molecule has 1 aliphatic rings. The molecular weight excluding hydrogens is 391 g/mol. The number of urea groups is 1. The third-order valence-corrected chi connectivity index (χ3v) is 5.84. The smallest absolute Gasteiger partial charge is 0.318 e. The van der Waals surface area contributed by atoms with E-state index in [1.165, 1.54) is 30.7 Å². The first-order chi connectivity index (χ1) is 15.0. The summed E-state index contributed by atoms with van der Waals surface area (Å²) >= 11 is 0. The Morgan fingerprint density at radius 1 is 1.16 bits per heavy atom. The van der Waals surface area contributed by atoms with Crippen LogP contribution in [0.2, 0.25) is 0 Å². The van der Waals surface area contributed by atoms with Gasteiger partial charge in [0.25, 0.3) is 0 Å². The van der Waals surface area contributed by atoms with Crippen LogP contribution in [0.1, 0.15) is 56.4 Å². The monoisotopic (exact) mass is 426 g/mol. The minimum absolute atomic E-state index is 0.0981. The van der Waals surface area contributed by atoms with Crippen molar-refractivity contribution in [2.75, 3.05) is 13.1 Å². The molecule has 1 aromatic carbocycles. The molecule has 0 spiro atoms. The summed E-state index contributed by atoms with van der Waals surface area (Å²) in [6.07, 6.45) is 6.55. The van der Waals surface area contributed by atoms with Gasteiger partial charge in [0.2, 0.25) is 0 Å². The number of hydrogen-bond acceptors (Lipinski definition) is 3. The van der Waals surface area contributed by atoms with E-state index in [0.717, 1.165) is 43.8 Å². The molecule has 31 heavy (non-hydrogen) atoms. The molecule has 0 bridgehead atoms. The Morgan fingerprint density at radius 2 is 1.87 bits per heavy atom. The lowest BCUT2D eigenvalue weighted by Crippen LogP contribution is -2.49. The summed E-state index contributed by atoms with van der Waals surface area (Å²) in [5, 5.41) is 6.41. The molecule has 0 atom stereocenters. The molecule has 6 heteroatoms. The van der Waals surface area contributed by atoms with E-state index >= 15 is 0 Å². The van der Waals surface area contributed by atoms with Crippen LogP contribution < -0.4 is 10.6 Å². The number of rotatable bonds is 9. The summed E-state index contributed by atoms with van der Waals surface area (Å²) < 4.78 is 13.2. The van der Waals surface area contributed by atoms with E-state index in [2.05, 4.69) is 53.7 Å². The molecular formula is C25H35FN4O. The molecule has 3 rings (SSSR count). The molecule has 1 saturated heterocycles. The SMILES string of the molecule is CC(C)CCCc1ccc(CNC(=O)N(Cc2ccc(F)cn2)C2CCNCC2)cc1. The number of nitrogens with zero attached hydrogens (tertiary/aromatic N) is 2. The molecule has 2 aromatic rings. The fourth-order valence-corrected chi connectivity index (χ4v) is 3.98. The first-order valence-electron chi connectivity index (χ1n) is 11.4. The van der Waals surface area contributed by atoms with Crippen LogP contribution in [0.15, 0.2) is 42.6 Å². The van der Waals surface area contributed by atoms with Crippen molar-refractivity contribution in [3.8, 4) is 0 Å². The minimum atomic E-state index is -0.366. The van der Waals surface area contributed by atoms with E-state index in [-0.39, 0.29) is 17.9 Å². The number of aryl methyl sites for hydroxylation is 1. The highest BCUT2D eigenvalue weighted by molar-refractivity contribution is 5.74. The molecule has 168 valence electrons. The van der Waals surface area contributed by atoms with Crippen molar-refractivity contribution in [2.24, 2.45) is 5.92 Å². The zero-order valence-electron chi connectivity index (χ0n) is 18.7. The van der Waals surface area contributed by atoms with E-state index in [1.807, 2.05) is 4.90 Å². The van der Waals surface area contributed by atoms with E-state index in [1.54, 1.807) is 6.07 Å². The van der Waals surface area contributed by atoms with E-state index in [4.69, 9.17) is 0 Å². The molecule has 2 N–H and O–H groups in total. The number of piperidine rings is 1. The van der Waals surface area contributed by atoms with E-state index in [0.29, 0.717) is 18.8 Å². The predicted octanol–water partition coefficient (Wildman–Crippen LogP) is 4.66. The van der Waals surface area contributed by atoms with Crippen LogP contribution in [-0.4, -0.2) is 35.0 Å². The lowest BCUT2D eigenvalue weighted by atomic mass is 10.0. The van der Waals surface area contributed by atoms with Gasteiger partial charge in [-0.1, -0.05) is 44.5 Å². The summed E-state index contributed by atoms with van der Waals surface area (Å²) in [7, 11) is 0. The van der Waals surface area contributed by atoms with Crippen molar-refractivity contribution < 1.29 is 9.18 Å². The Morgan fingerprint density at radius 3 is 2.52 bits per heavy atom. The number of halogens is 1. The highest BCUT2D eigenvalue weighted by Gasteiger charge is 2.25. The molecule has 1 aliphatic heterocycles. The summed E-state index contributed by atoms with van der Waals surface area (Å²) in [5.41, 5.74) is 3.13. The van der Waals surface area contributed by atoms with Gasteiger partial charge < -0.3 is 15.5 Å². The number of hydrogen-bond donors (Lipinski definition) is 2. The van der Waals surface area contributed by atoms with Gasteiger partial charge in [-0.05, 0) is 68.0 Å². The summed E-state index contributed by atoms with van der Waals surface area (Å²) in [5.74, 6) is 0.372. The Balaban J connectivity index is 1.57. The van der Waals surface area contributed by atoms with Crippen molar-refractivity contribution in [3.63, 3.8) is 0 Å². The first-order valence-corrected chi connectivity index (χ1v) is 11.4. The highest BCUT2D eigenvalue weighted by Crippen LogP contribution is 2.16. The van der Waals surface area contributed by atoms with Gasteiger partial charge in [-0.3, -0.25) is 4.98 Å². The Labute approximate surface area is 185 Å². The van der Waals surface area contributed by atoms with Crippen molar-refractivity contribution in [2.45, 2.75) is 65.1 Å². The van der Waals surface area contributed by atoms with Crippen LogP contribution in [0.4, 0.5) is 9.18 Å². The molecule has 0 aliphatic carbocycles. The third kappa shape index (κ3) is 7.62. The van der Waals surface area contributed by atoms with Gasteiger partial charge in [0.1, 0.15) is 5.82 Å². The maximum Gasteiger partial charge on any atom is 0.318 e. The predicted molar refractivity (Wildman–Crippen MR) is 122 cm³/mol. The van der Waals surface area contributed by atoms with Crippen LogP contribution in [0, 0.1) is 11.7 Å². The number of amides is 2. The van der Waals surface area contributed by atoms with Crippen molar-refractivity contribution in [3.05, 3.63) is 65.2 Å². The van der Waals surface area contributed by atoms with Gasteiger partial charge in [-0.2, -0.15) is 0 Å². The Kier molecular flexibility index (Phi) is 8.83. The Hall–Kier alpha value is -2.47. The van der Waals surface area contributed by atoms with Gasteiger partial charge in [-0.25, -0.2) is 9.18 Å². The second-order valence-corrected chi connectivity index (χ2v) is 8.84. The zero-order valence-corrected chi connectivity index (χ0v) is 18.7. The normalized spacial score (nSPS) is 14.6. The molecule has 2 heterocycles. The number of aromatic nitrogens is 1. The average molecular weight is 427 g/mol. The third-order valence-electron chi connectivity index (χ3n) is 5.84. The molecule has 0 unspecified atom stereocenters. The topological polar surface area (TPSA) is 57.3 Å². The fourth-order valence-electron chi connectivity index (χ4n) is 3.98. The van der Waals surface area contributed by atoms with Crippen molar-refractivity contribution in [1.29, 1.82) is 0 Å². The highest BCUT2D eigenvalue weighted by atomic mass is 19.1. The number of carbonyl (C=O) groups is 1. The van der Waals surface area contributed by atoms with Crippen LogP contribution in [-0.2, 0) is 19.5 Å². The van der Waals surface area contributed by atoms with Gasteiger partial charge in [0.15, 0.2) is 0 Å². The van der Waals surface area contributed by atoms with Gasteiger partial charge in [0, 0.05) is 12.6 Å². The maximum atomic E-state index is 13.2. The van der Waals surface area contributed by atoms with Gasteiger partial charge >= 0.3 is 6.03 Å². The average Bonchev–Trinajstić information content (AvgIpc) is 2.78. The first kappa shape index (κ1) is 23.2. The molecule has 1 fully saturated rings. The van der Waals surface area contributed by atoms with Crippen LogP contribution in [0.25, 0.3) is 0 Å². The maximum absolute atomic E-state index is 13.2. The van der Waals surface area contributed by atoms with Crippen LogP contribution >= 0.6 is 0 Å². The molecule has 1 aromatic heterocycles. The molecule has 0 radical (unpaired) electrons. The Bertz CT molecular complexity index is 801. The van der Waals surface area contributed by atoms with Gasteiger partial charge in [-0.15, -0.1) is 0 Å². The zero-order chi connectivity index (χ0) is 22.1. The molecule has 5 nitrogen and oxygen atoms in total. The van der Waals surface area contributed by atoms with Gasteiger partial charge in [0.05, 0.1) is 18.4 Å². The van der Waals surface area contributed by atoms with Crippen LogP contribution in [0.5, 0.6) is 0 Å². The fraction of sp³-hybridized carbons (Fsp3) is 0.520. The number of pyridine rings is 1. The van der Waals surface area contributed by atoms with E-state index < -0.39 is 0 Å². The summed E-state index contributed by atoms with van der Waals surface area (Å²) in [6.45, 7) is 7.16. The molecule has 0 saturated carbocycles. The number of carbonyl (C=O) groups excluding carboxylic acids is 1. The lowest BCUT2D eigenvalue weighted by molar-refractivity contribution is 0.153. The van der Waals surface area contributed by atoms with Crippen LogP contribution in [0.3, 0.4) is 0 Å². The lowest BCUT2D eigenvalue weighted by Gasteiger charge is -2.34. The summed E-state index contributed by atoms with van der Waals surface area (Å²) in [4.78, 5) is 19.0. The number of benzene rings is 1. The minimum Gasteiger partial charge on any atom is -0.334 e. The van der Waals surface area contributed by atoms with Crippen molar-refractivity contribution in [1.82, 2.24) is 20.5 Å². The summed E-state index contributed by atoms with van der Waals surface area (Å²) in [6, 6.07) is 11.6. The quantitative estimate of drug-likeness (QED) is 0.613. The number of nitrogens with one attached hydrogen (secondary N) is 2. The second kappa shape index (κ2) is 11.8. The van der Waals surface area contributed by atoms with Crippen molar-refractivity contribution >= 4 is 6.03 Å². The largest absolute Gasteiger partial charge is 0.334 e. The molecule has 2 amide bonds.